The van der Waals surface area contributed by atoms with Crippen molar-refractivity contribution in [2.24, 2.45) is 0 Å². The van der Waals surface area contributed by atoms with Gasteiger partial charge in [-0.15, -0.1) is 0 Å². The third-order valence-electron chi connectivity index (χ3n) is 6.28. The van der Waals surface area contributed by atoms with Crippen LogP contribution in [0.4, 0.5) is 14.4 Å². The first-order valence-electron chi connectivity index (χ1n) is 13.7. The Balaban J connectivity index is 1.52. The Labute approximate surface area is 246 Å². The van der Waals surface area contributed by atoms with Crippen molar-refractivity contribution < 1.29 is 28.6 Å². The number of carbonyl (C=O) groups is 3. The van der Waals surface area contributed by atoms with Crippen molar-refractivity contribution >= 4 is 18.3 Å². The van der Waals surface area contributed by atoms with Crippen LogP contribution in [-0.2, 0) is 33.5 Å². The molecule has 0 saturated heterocycles. The van der Waals surface area contributed by atoms with Gasteiger partial charge in [-0.2, -0.15) is 0 Å². The lowest BCUT2D eigenvalue weighted by atomic mass is 10.2. The minimum Gasteiger partial charge on any atom is -0.445 e. The fourth-order valence-electron chi connectivity index (χ4n) is 3.66. The predicted molar refractivity (Wildman–Crippen MR) is 155 cm³/mol. The van der Waals surface area contributed by atoms with Gasteiger partial charge in [-0.05, 0) is 36.4 Å². The maximum atomic E-state index is 12.8. The van der Waals surface area contributed by atoms with E-state index in [1.54, 1.807) is 39.7 Å². The predicted octanol–water partition coefficient (Wildman–Crippen LogP) is 3.47. The van der Waals surface area contributed by atoms with Gasteiger partial charge in [0.1, 0.15) is 13.2 Å². The van der Waals surface area contributed by atoms with Gasteiger partial charge in [-0.3, -0.25) is 15.0 Å². The summed E-state index contributed by atoms with van der Waals surface area (Å²) in [4.78, 5) is 55.0. The maximum absolute atomic E-state index is 12.8. The first-order valence-corrected chi connectivity index (χ1v) is 13.7. The molecule has 0 saturated carbocycles. The second-order valence-corrected chi connectivity index (χ2v) is 9.64. The number of ether oxygens (including phenoxy) is 3. The summed E-state index contributed by atoms with van der Waals surface area (Å²) in [6, 6.07) is 16.7. The normalized spacial score (nSPS) is 10.6. The SMILES string of the molecule is CN(CCc1ccccn1)C(=O)OCC(COC(=O)N(C)CCc1ccccn1)OC(=O)N(C)CCc1ccccn1. The summed E-state index contributed by atoms with van der Waals surface area (Å²) in [5.41, 5.74) is 2.52. The van der Waals surface area contributed by atoms with E-state index in [0.717, 1.165) is 17.1 Å². The van der Waals surface area contributed by atoms with Crippen LogP contribution in [0.5, 0.6) is 0 Å². The molecule has 3 amide bonds. The van der Waals surface area contributed by atoms with E-state index in [4.69, 9.17) is 14.2 Å². The molecule has 0 aliphatic heterocycles. The standard InChI is InChI=1S/C30H38N6O6/c1-34(19-13-24-10-4-7-16-31-24)28(37)40-22-27(42-30(39)36(3)21-15-26-12-6-9-18-33-26)23-41-29(38)35(2)20-14-25-11-5-8-17-32-25/h4-12,16-18,27H,13-15,19-23H2,1-3H3. The van der Waals surface area contributed by atoms with Gasteiger partial charge in [0.05, 0.1) is 0 Å². The lowest BCUT2D eigenvalue weighted by Crippen LogP contribution is -2.40. The summed E-state index contributed by atoms with van der Waals surface area (Å²) in [5, 5.41) is 0. The quantitative estimate of drug-likeness (QED) is 0.264. The Morgan fingerprint density at radius 1 is 0.595 bits per heavy atom. The second-order valence-electron chi connectivity index (χ2n) is 9.64. The van der Waals surface area contributed by atoms with Crippen LogP contribution < -0.4 is 0 Å². The van der Waals surface area contributed by atoms with Crippen molar-refractivity contribution in [2.45, 2.75) is 25.4 Å². The number of hydrogen-bond acceptors (Lipinski definition) is 9. The molecule has 0 aliphatic carbocycles. The van der Waals surface area contributed by atoms with Gasteiger partial charge in [-0.25, -0.2) is 14.4 Å². The van der Waals surface area contributed by atoms with Crippen molar-refractivity contribution in [2.75, 3.05) is 54.0 Å². The van der Waals surface area contributed by atoms with Gasteiger partial charge in [0, 0.05) is 95.7 Å². The highest BCUT2D eigenvalue weighted by Crippen LogP contribution is 2.06. The molecule has 224 valence electrons. The summed E-state index contributed by atoms with van der Waals surface area (Å²) in [7, 11) is 4.81. The molecule has 0 aliphatic rings. The van der Waals surface area contributed by atoms with Crippen molar-refractivity contribution in [1.82, 2.24) is 29.7 Å². The molecule has 0 radical (unpaired) electrons. The van der Waals surface area contributed by atoms with E-state index >= 15 is 0 Å². The van der Waals surface area contributed by atoms with Crippen molar-refractivity contribution in [3.05, 3.63) is 90.3 Å². The van der Waals surface area contributed by atoms with Gasteiger partial charge < -0.3 is 28.9 Å². The zero-order valence-electron chi connectivity index (χ0n) is 24.3. The number of likely N-dealkylation sites (N-methyl/N-ethyl adjacent to an activating group) is 3. The van der Waals surface area contributed by atoms with Crippen LogP contribution in [0.1, 0.15) is 17.1 Å². The van der Waals surface area contributed by atoms with E-state index in [1.165, 1.54) is 14.7 Å². The highest BCUT2D eigenvalue weighted by Gasteiger charge is 2.23. The minimum absolute atomic E-state index is 0.294. The zero-order chi connectivity index (χ0) is 30.2. The van der Waals surface area contributed by atoms with Crippen LogP contribution in [-0.4, -0.2) is 108 Å². The molecule has 3 aromatic heterocycles. The molecule has 12 heteroatoms. The van der Waals surface area contributed by atoms with Crippen LogP contribution in [0, 0.1) is 0 Å². The number of aromatic nitrogens is 3. The first-order chi connectivity index (χ1) is 20.3. The third kappa shape index (κ3) is 11.4. The lowest BCUT2D eigenvalue weighted by molar-refractivity contribution is -0.0128. The van der Waals surface area contributed by atoms with Crippen molar-refractivity contribution in [3.8, 4) is 0 Å². The van der Waals surface area contributed by atoms with E-state index in [0.29, 0.717) is 38.9 Å². The molecular weight excluding hydrogens is 540 g/mol. The molecular formula is C30H38N6O6. The Kier molecular flexibility index (Phi) is 13.0. The van der Waals surface area contributed by atoms with E-state index < -0.39 is 24.4 Å². The number of rotatable bonds is 14. The van der Waals surface area contributed by atoms with Gasteiger partial charge in [-0.1, -0.05) is 18.2 Å². The fourth-order valence-corrected chi connectivity index (χ4v) is 3.66. The van der Waals surface area contributed by atoms with Crippen LogP contribution in [0.25, 0.3) is 0 Å². The molecule has 0 spiro atoms. The number of amides is 3. The molecule has 0 N–H and O–H groups in total. The molecule has 3 rings (SSSR count). The molecule has 0 aromatic carbocycles. The van der Waals surface area contributed by atoms with E-state index in [1.807, 2.05) is 54.6 Å². The van der Waals surface area contributed by atoms with Crippen LogP contribution in [0.3, 0.4) is 0 Å². The Hall–Kier alpha value is -4.74. The molecule has 0 bridgehead atoms. The third-order valence-corrected chi connectivity index (χ3v) is 6.28. The van der Waals surface area contributed by atoms with Gasteiger partial charge >= 0.3 is 18.3 Å². The number of nitrogens with zero attached hydrogens (tertiary/aromatic N) is 6. The smallest absolute Gasteiger partial charge is 0.410 e. The van der Waals surface area contributed by atoms with E-state index in [-0.39, 0.29) is 13.2 Å². The lowest BCUT2D eigenvalue weighted by Gasteiger charge is -2.24. The average Bonchev–Trinajstić information content (AvgIpc) is 3.03. The van der Waals surface area contributed by atoms with Crippen LogP contribution in [0.15, 0.2) is 73.2 Å². The maximum Gasteiger partial charge on any atom is 0.410 e. The number of pyridine rings is 3. The Bertz CT molecular complexity index is 1170. The van der Waals surface area contributed by atoms with Gasteiger partial charge in [0.15, 0.2) is 6.10 Å². The van der Waals surface area contributed by atoms with Crippen molar-refractivity contribution in [3.63, 3.8) is 0 Å². The summed E-state index contributed by atoms with van der Waals surface area (Å²) in [5.74, 6) is 0. The topological polar surface area (TPSA) is 127 Å². The minimum atomic E-state index is -1.02. The molecule has 42 heavy (non-hydrogen) atoms. The van der Waals surface area contributed by atoms with E-state index in [2.05, 4.69) is 15.0 Å². The Morgan fingerprint density at radius 2 is 0.952 bits per heavy atom. The summed E-state index contributed by atoms with van der Waals surface area (Å²) < 4.78 is 16.4. The van der Waals surface area contributed by atoms with Crippen molar-refractivity contribution in [1.29, 1.82) is 0 Å². The number of carbonyl (C=O) groups excluding carboxylic acids is 3. The summed E-state index contributed by atoms with van der Waals surface area (Å²) in [6.07, 6.45) is 3.84. The molecule has 3 aromatic rings. The molecule has 12 nitrogen and oxygen atoms in total. The fraction of sp³-hybridized carbons (Fsp3) is 0.400. The van der Waals surface area contributed by atoms with Crippen LogP contribution in [0.2, 0.25) is 0 Å². The molecule has 0 fully saturated rings. The monoisotopic (exact) mass is 578 g/mol. The molecule has 3 heterocycles. The van der Waals surface area contributed by atoms with Gasteiger partial charge in [0.2, 0.25) is 0 Å². The second kappa shape index (κ2) is 17.2. The van der Waals surface area contributed by atoms with E-state index in [9.17, 15) is 14.4 Å². The molecule has 0 atom stereocenters. The highest BCUT2D eigenvalue weighted by molar-refractivity contribution is 5.69. The van der Waals surface area contributed by atoms with Gasteiger partial charge in [0.25, 0.3) is 0 Å². The summed E-state index contributed by atoms with van der Waals surface area (Å²) >= 11 is 0. The molecule has 0 unspecified atom stereocenters. The average molecular weight is 579 g/mol. The summed E-state index contributed by atoms with van der Waals surface area (Å²) in [6.45, 7) is 0.531. The van der Waals surface area contributed by atoms with Crippen LogP contribution >= 0.6 is 0 Å². The Morgan fingerprint density at radius 3 is 1.29 bits per heavy atom. The largest absolute Gasteiger partial charge is 0.445 e. The number of hydrogen-bond donors (Lipinski definition) is 0. The highest BCUT2D eigenvalue weighted by atomic mass is 16.6. The first kappa shape index (κ1) is 31.8. The zero-order valence-corrected chi connectivity index (χ0v) is 24.3.